The third-order valence-electron chi connectivity index (χ3n) is 4.11. The largest absolute Gasteiger partial charge is 0.494 e. The van der Waals surface area contributed by atoms with Crippen molar-refractivity contribution in [3.63, 3.8) is 0 Å². The number of aromatic nitrogens is 2. The number of hydrogen-bond donors (Lipinski definition) is 1. The van der Waals surface area contributed by atoms with E-state index in [0.717, 1.165) is 42.0 Å². The second-order valence-electron chi connectivity index (χ2n) is 5.77. The Balaban J connectivity index is 2.03. The van der Waals surface area contributed by atoms with Crippen LogP contribution in [0.2, 0.25) is 0 Å². The van der Waals surface area contributed by atoms with Crippen molar-refractivity contribution in [1.29, 1.82) is 0 Å². The average molecular weight is 300 g/mol. The molecular weight excluding hydrogens is 280 g/mol. The lowest BCUT2D eigenvalue weighted by molar-refractivity contribution is 0.0688. The second kappa shape index (κ2) is 5.83. The molecule has 0 amide bonds. The lowest BCUT2D eigenvalue weighted by Crippen LogP contribution is -2.14. The molecule has 1 aromatic carbocycles. The Morgan fingerprint density at radius 3 is 2.77 bits per heavy atom. The highest BCUT2D eigenvalue weighted by molar-refractivity contribution is 5.87. The summed E-state index contributed by atoms with van der Waals surface area (Å²) in [6.07, 6.45) is 2.72. The Hall–Kier alpha value is -2.30. The molecule has 1 aliphatic rings. The summed E-state index contributed by atoms with van der Waals surface area (Å²) in [5.74, 6) is 0.359. The maximum absolute atomic E-state index is 11.5. The van der Waals surface area contributed by atoms with Gasteiger partial charge in [0.2, 0.25) is 0 Å². The Morgan fingerprint density at radius 2 is 2.14 bits per heavy atom. The van der Waals surface area contributed by atoms with Crippen molar-refractivity contribution in [2.75, 3.05) is 6.61 Å². The highest BCUT2D eigenvalue weighted by Gasteiger charge is 2.27. The van der Waals surface area contributed by atoms with Crippen LogP contribution in [0.25, 0.3) is 5.69 Å². The van der Waals surface area contributed by atoms with Gasteiger partial charge in [-0.3, -0.25) is 0 Å². The van der Waals surface area contributed by atoms with Gasteiger partial charge in [0.1, 0.15) is 5.75 Å². The van der Waals surface area contributed by atoms with Gasteiger partial charge >= 0.3 is 5.97 Å². The molecule has 22 heavy (non-hydrogen) atoms. The predicted molar refractivity (Wildman–Crippen MR) is 82.9 cm³/mol. The Kier molecular flexibility index (Phi) is 3.88. The Bertz CT molecular complexity index is 689. The third-order valence-corrected chi connectivity index (χ3v) is 4.11. The quantitative estimate of drug-likeness (QED) is 0.942. The van der Waals surface area contributed by atoms with Crippen LogP contribution in [0.4, 0.5) is 0 Å². The molecule has 0 saturated heterocycles. The first-order valence-electron chi connectivity index (χ1n) is 7.67. The van der Waals surface area contributed by atoms with E-state index in [0.29, 0.717) is 12.5 Å². The highest BCUT2D eigenvalue weighted by Crippen LogP contribution is 2.30. The molecule has 2 aromatic rings. The lowest BCUT2D eigenvalue weighted by Gasteiger charge is -2.19. The number of fused-ring (bicyclic) bond motifs is 1. The summed E-state index contributed by atoms with van der Waals surface area (Å²) in [5.41, 5.74) is 2.98. The zero-order valence-electron chi connectivity index (χ0n) is 12.9. The smallest absolute Gasteiger partial charge is 0.356 e. The number of carboxylic acids is 1. The fourth-order valence-electron chi connectivity index (χ4n) is 3.03. The van der Waals surface area contributed by atoms with Crippen molar-refractivity contribution in [2.45, 2.75) is 33.1 Å². The van der Waals surface area contributed by atoms with Crippen LogP contribution in [0.3, 0.4) is 0 Å². The maximum Gasteiger partial charge on any atom is 0.356 e. The van der Waals surface area contributed by atoms with Crippen LogP contribution in [0.1, 0.15) is 42.0 Å². The summed E-state index contributed by atoms with van der Waals surface area (Å²) < 4.78 is 7.22. The number of ether oxygens (including phenoxy) is 1. The molecule has 5 heteroatoms. The van der Waals surface area contributed by atoms with Gasteiger partial charge < -0.3 is 9.84 Å². The fraction of sp³-hybridized carbons (Fsp3) is 0.412. The molecule has 1 heterocycles. The first-order valence-corrected chi connectivity index (χ1v) is 7.67. The number of carboxylic acid groups (broad SMARTS) is 1. The number of rotatable bonds is 4. The zero-order valence-corrected chi connectivity index (χ0v) is 12.9. The molecule has 0 saturated carbocycles. The molecule has 0 fully saturated rings. The first kappa shape index (κ1) is 14.6. The fourth-order valence-corrected chi connectivity index (χ4v) is 3.03. The zero-order chi connectivity index (χ0) is 15.7. The van der Waals surface area contributed by atoms with Gasteiger partial charge in [-0.25, -0.2) is 9.48 Å². The van der Waals surface area contributed by atoms with Gasteiger partial charge in [0, 0.05) is 11.3 Å². The van der Waals surface area contributed by atoms with Crippen LogP contribution >= 0.6 is 0 Å². The van der Waals surface area contributed by atoms with Crippen LogP contribution in [-0.2, 0) is 12.8 Å². The molecule has 1 atom stereocenters. The molecule has 5 nitrogen and oxygen atoms in total. The number of benzene rings is 1. The minimum Gasteiger partial charge on any atom is -0.494 e. The monoisotopic (exact) mass is 300 g/mol. The Labute approximate surface area is 129 Å². The van der Waals surface area contributed by atoms with Crippen LogP contribution in [-0.4, -0.2) is 27.5 Å². The number of carbonyl (C=O) groups is 1. The summed E-state index contributed by atoms with van der Waals surface area (Å²) in [6, 6.07) is 7.61. The summed E-state index contributed by atoms with van der Waals surface area (Å²) in [6.45, 7) is 4.72. The van der Waals surface area contributed by atoms with Crippen LogP contribution < -0.4 is 4.74 Å². The SMILES string of the molecule is CCOc1ccc(-n2nc(C(=O)O)c3c2CCC(C)C3)cc1. The third kappa shape index (κ3) is 2.58. The van der Waals surface area contributed by atoms with Crippen molar-refractivity contribution >= 4 is 5.97 Å². The van der Waals surface area contributed by atoms with E-state index in [1.807, 2.05) is 31.2 Å². The molecule has 0 bridgehead atoms. The van der Waals surface area contributed by atoms with E-state index < -0.39 is 5.97 Å². The summed E-state index contributed by atoms with van der Waals surface area (Å²) in [5, 5.41) is 13.8. The van der Waals surface area contributed by atoms with Gasteiger partial charge in [0.25, 0.3) is 0 Å². The topological polar surface area (TPSA) is 64.4 Å². The molecule has 3 rings (SSSR count). The summed E-state index contributed by atoms with van der Waals surface area (Å²) in [7, 11) is 0. The molecule has 0 aliphatic heterocycles. The van der Waals surface area contributed by atoms with Gasteiger partial charge in [0.15, 0.2) is 5.69 Å². The number of hydrogen-bond acceptors (Lipinski definition) is 3. The molecule has 1 N–H and O–H groups in total. The van der Waals surface area contributed by atoms with Gasteiger partial charge in [-0.2, -0.15) is 5.10 Å². The van der Waals surface area contributed by atoms with Crippen molar-refractivity contribution < 1.29 is 14.6 Å². The van der Waals surface area contributed by atoms with E-state index in [4.69, 9.17) is 4.74 Å². The molecule has 1 aliphatic carbocycles. The minimum atomic E-state index is -0.949. The van der Waals surface area contributed by atoms with Gasteiger partial charge in [-0.05, 0) is 56.4 Å². The summed E-state index contributed by atoms with van der Waals surface area (Å²) >= 11 is 0. The number of aromatic carboxylic acids is 1. The summed E-state index contributed by atoms with van der Waals surface area (Å²) in [4.78, 5) is 11.5. The van der Waals surface area contributed by atoms with Gasteiger partial charge in [0.05, 0.1) is 12.3 Å². The first-order chi connectivity index (χ1) is 10.6. The van der Waals surface area contributed by atoms with Crippen molar-refractivity contribution in [2.24, 2.45) is 5.92 Å². The van der Waals surface area contributed by atoms with Crippen LogP contribution in [0, 0.1) is 5.92 Å². The molecular formula is C17H20N2O3. The van der Waals surface area contributed by atoms with E-state index in [1.54, 1.807) is 4.68 Å². The van der Waals surface area contributed by atoms with E-state index in [1.165, 1.54) is 0 Å². The molecule has 0 spiro atoms. The van der Waals surface area contributed by atoms with E-state index >= 15 is 0 Å². The molecule has 1 aromatic heterocycles. The van der Waals surface area contributed by atoms with E-state index in [9.17, 15) is 9.90 Å². The standard InChI is InChI=1S/C17H20N2O3/c1-3-22-13-7-5-12(6-8-13)19-15-9-4-11(2)10-14(15)16(18-19)17(20)21/h5-8,11H,3-4,9-10H2,1-2H3,(H,20,21). The second-order valence-corrected chi connectivity index (χ2v) is 5.77. The highest BCUT2D eigenvalue weighted by atomic mass is 16.5. The van der Waals surface area contributed by atoms with Crippen molar-refractivity contribution in [3.8, 4) is 11.4 Å². The van der Waals surface area contributed by atoms with Crippen LogP contribution in [0.15, 0.2) is 24.3 Å². The Morgan fingerprint density at radius 1 is 1.41 bits per heavy atom. The van der Waals surface area contributed by atoms with E-state index in [2.05, 4.69) is 12.0 Å². The molecule has 116 valence electrons. The molecule has 0 radical (unpaired) electrons. The molecule has 1 unspecified atom stereocenters. The minimum absolute atomic E-state index is 0.190. The van der Waals surface area contributed by atoms with Crippen molar-refractivity contribution in [3.05, 3.63) is 41.2 Å². The van der Waals surface area contributed by atoms with Gasteiger partial charge in [-0.1, -0.05) is 6.92 Å². The lowest BCUT2D eigenvalue weighted by atomic mass is 9.87. The van der Waals surface area contributed by atoms with Gasteiger partial charge in [-0.15, -0.1) is 0 Å². The average Bonchev–Trinajstić information content (AvgIpc) is 2.87. The maximum atomic E-state index is 11.5. The normalized spacial score (nSPS) is 17.1. The van der Waals surface area contributed by atoms with Crippen molar-refractivity contribution in [1.82, 2.24) is 9.78 Å². The van der Waals surface area contributed by atoms with Crippen LogP contribution in [0.5, 0.6) is 5.75 Å². The van der Waals surface area contributed by atoms with E-state index in [-0.39, 0.29) is 5.69 Å². The predicted octanol–water partition coefficient (Wildman–Crippen LogP) is 3.09. The number of nitrogens with zero attached hydrogens (tertiary/aromatic N) is 2.